The fourth-order valence-electron chi connectivity index (χ4n) is 1.92. The maximum Gasteiger partial charge on any atom is 0.257 e. The van der Waals surface area contributed by atoms with Crippen LogP contribution in [0.3, 0.4) is 0 Å². The van der Waals surface area contributed by atoms with Crippen LogP contribution in [0.25, 0.3) is 10.8 Å². The summed E-state index contributed by atoms with van der Waals surface area (Å²) in [5, 5.41) is 7.15. The average Bonchev–Trinajstić information content (AvgIpc) is 2.92. The van der Waals surface area contributed by atoms with Gasteiger partial charge in [0.05, 0.1) is 0 Å². The number of amides is 1. The number of aromatic nitrogens is 1. The lowest BCUT2D eigenvalue weighted by Gasteiger charge is -2.06. The van der Waals surface area contributed by atoms with E-state index in [1.807, 2.05) is 0 Å². The number of nitrogens with zero attached hydrogens (tertiary/aromatic N) is 1. The molecule has 1 aromatic heterocycles. The van der Waals surface area contributed by atoms with Gasteiger partial charge in [-0.3, -0.25) is 4.79 Å². The molecule has 1 amide bonds. The third-order valence-electron chi connectivity index (χ3n) is 2.79. The van der Waals surface area contributed by atoms with Crippen LogP contribution in [-0.2, 0) is 0 Å². The average molecular weight is 256 g/mol. The van der Waals surface area contributed by atoms with Crippen LogP contribution in [0.1, 0.15) is 10.4 Å². The first-order valence-electron chi connectivity index (χ1n) is 5.65. The van der Waals surface area contributed by atoms with Crippen LogP contribution >= 0.6 is 0 Å². The number of carbonyl (C=O) groups excluding carboxylic acids is 1. The van der Waals surface area contributed by atoms with Gasteiger partial charge in [0.1, 0.15) is 12.1 Å². The van der Waals surface area contributed by atoms with E-state index in [0.29, 0.717) is 22.2 Å². The molecule has 0 unspecified atom stereocenters. The van der Waals surface area contributed by atoms with Gasteiger partial charge in [0.15, 0.2) is 5.82 Å². The van der Waals surface area contributed by atoms with E-state index in [1.165, 1.54) is 24.5 Å². The van der Waals surface area contributed by atoms with Gasteiger partial charge < -0.3 is 9.84 Å². The summed E-state index contributed by atoms with van der Waals surface area (Å²) < 4.78 is 18.3. The second-order valence-electron chi connectivity index (χ2n) is 3.98. The van der Waals surface area contributed by atoms with Gasteiger partial charge in [-0.15, -0.1) is 0 Å². The van der Waals surface area contributed by atoms with Crippen LogP contribution < -0.4 is 5.32 Å². The Kier molecular flexibility index (Phi) is 2.72. The molecule has 0 bridgehead atoms. The summed E-state index contributed by atoms with van der Waals surface area (Å²) in [6.07, 6.45) is 1.36. The van der Waals surface area contributed by atoms with E-state index in [-0.39, 0.29) is 11.7 Å². The Morgan fingerprint density at radius 1 is 1.11 bits per heavy atom. The molecule has 3 aromatic rings. The summed E-state index contributed by atoms with van der Waals surface area (Å²) >= 11 is 0. The maximum atomic E-state index is 13.6. The number of carbonyl (C=O) groups is 1. The minimum Gasteiger partial charge on any atom is -0.363 e. The summed E-state index contributed by atoms with van der Waals surface area (Å²) in [5.74, 6) is -0.392. The van der Waals surface area contributed by atoms with Crippen LogP contribution in [0, 0.1) is 5.82 Å². The quantitative estimate of drug-likeness (QED) is 0.765. The lowest BCUT2D eigenvalue weighted by atomic mass is 10.0. The highest BCUT2D eigenvalue weighted by molar-refractivity contribution is 6.12. The Morgan fingerprint density at radius 2 is 1.89 bits per heavy atom. The molecule has 4 nitrogen and oxygen atoms in total. The number of hydrogen-bond acceptors (Lipinski definition) is 3. The zero-order valence-electron chi connectivity index (χ0n) is 9.76. The van der Waals surface area contributed by atoms with Gasteiger partial charge in [0.25, 0.3) is 5.91 Å². The van der Waals surface area contributed by atoms with Crippen molar-refractivity contribution in [1.82, 2.24) is 5.16 Å². The zero-order chi connectivity index (χ0) is 13.2. The van der Waals surface area contributed by atoms with Gasteiger partial charge in [0, 0.05) is 17.0 Å². The molecule has 0 aliphatic heterocycles. The van der Waals surface area contributed by atoms with Crippen LogP contribution in [0.4, 0.5) is 10.2 Å². The minimum absolute atomic E-state index is 0.318. The Bertz CT molecular complexity index is 738. The highest BCUT2D eigenvalue weighted by Crippen LogP contribution is 2.22. The molecule has 1 heterocycles. The molecule has 2 aromatic carbocycles. The molecule has 0 fully saturated rings. The van der Waals surface area contributed by atoms with Crippen molar-refractivity contribution in [2.75, 3.05) is 5.32 Å². The summed E-state index contributed by atoms with van der Waals surface area (Å²) in [6.45, 7) is 0. The Labute approximate surface area is 107 Å². The minimum atomic E-state index is -0.356. The number of rotatable bonds is 2. The molecule has 0 saturated carbocycles. The maximum absolute atomic E-state index is 13.6. The predicted molar refractivity (Wildman–Crippen MR) is 68.4 cm³/mol. The number of fused-ring (bicyclic) bond motifs is 1. The first-order valence-corrected chi connectivity index (χ1v) is 5.65. The molecular weight excluding hydrogens is 247 g/mol. The third-order valence-corrected chi connectivity index (χ3v) is 2.79. The van der Waals surface area contributed by atoms with Gasteiger partial charge in [-0.2, -0.15) is 0 Å². The normalized spacial score (nSPS) is 10.6. The van der Waals surface area contributed by atoms with E-state index in [4.69, 9.17) is 0 Å². The fourth-order valence-corrected chi connectivity index (χ4v) is 1.92. The molecule has 0 saturated heterocycles. The Balaban J connectivity index is 2.05. The highest BCUT2D eigenvalue weighted by atomic mass is 19.1. The van der Waals surface area contributed by atoms with E-state index >= 15 is 0 Å². The van der Waals surface area contributed by atoms with Gasteiger partial charge in [-0.05, 0) is 17.5 Å². The lowest BCUT2D eigenvalue weighted by Crippen LogP contribution is -2.12. The van der Waals surface area contributed by atoms with Gasteiger partial charge in [-0.25, -0.2) is 4.39 Å². The number of anilines is 1. The summed E-state index contributed by atoms with van der Waals surface area (Å²) in [5.41, 5.74) is 0.389. The number of halogens is 1. The van der Waals surface area contributed by atoms with Crippen molar-refractivity contribution in [1.29, 1.82) is 0 Å². The SMILES string of the molecule is O=C(Nc1ccon1)c1ccc(F)c2ccccc12. The molecule has 0 spiro atoms. The molecule has 1 N–H and O–H groups in total. The highest BCUT2D eigenvalue weighted by Gasteiger charge is 2.13. The molecule has 0 aliphatic carbocycles. The summed E-state index contributed by atoms with van der Waals surface area (Å²) in [7, 11) is 0. The number of nitrogens with one attached hydrogen (secondary N) is 1. The Hall–Kier alpha value is -2.69. The van der Waals surface area contributed by atoms with Crippen LogP contribution in [0.15, 0.2) is 53.3 Å². The van der Waals surface area contributed by atoms with Crippen LogP contribution in [-0.4, -0.2) is 11.1 Å². The van der Waals surface area contributed by atoms with Crippen molar-refractivity contribution < 1.29 is 13.7 Å². The molecule has 0 atom stereocenters. The largest absolute Gasteiger partial charge is 0.363 e. The number of hydrogen-bond donors (Lipinski definition) is 1. The van der Waals surface area contributed by atoms with Crippen molar-refractivity contribution in [3.8, 4) is 0 Å². The number of benzene rings is 2. The molecule has 19 heavy (non-hydrogen) atoms. The first-order chi connectivity index (χ1) is 9.25. The second-order valence-corrected chi connectivity index (χ2v) is 3.98. The van der Waals surface area contributed by atoms with Gasteiger partial charge in [0.2, 0.25) is 0 Å². The third kappa shape index (κ3) is 2.06. The Morgan fingerprint density at radius 3 is 2.63 bits per heavy atom. The molecule has 5 heteroatoms. The lowest BCUT2D eigenvalue weighted by molar-refractivity contribution is 0.102. The van der Waals surface area contributed by atoms with E-state index in [0.717, 1.165) is 0 Å². The van der Waals surface area contributed by atoms with Crippen LogP contribution in [0.5, 0.6) is 0 Å². The monoisotopic (exact) mass is 256 g/mol. The van der Waals surface area contributed by atoms with E-state index in [9.17, 15) is 9.18 Å². The molecule has 94 valence electrons. The fraction of sp³-hybridized carbons (Fsp3) is 0. The summed E-state index contributed by atoms with van der Waals surface area (Å²) in [4.78, 5) is 12.1. The van der Waals surface area contributed by atoms with Gasteiger partial charge >= 0.3 is 0 Å². The summed E-state index contributed by atoms with van der Waals surface area (Å²) in [6, 6.07) is 11.1. The predicted octanol–water partition coefficient (Wildman–Crippen LogP) is 3.22. The van der Waals surface area contributed by atoms with Crippen molar-refractivity contribution in [3.63, 3.8) is 0 Å². The van der Waals surface area contributed by atoms with E-state index in [2.05, 4.69) is 15.0 Å². The van der Waals surface area contributed by atoms with E-state index < -0.39 is 0 Å². The molecular formula is C14H9FN2O2. The smallest absolute Gasteiger partial charge is 0.257 e. The molecule has 0 radical (unpaired) electrons. The van der Waals surface area contributed by atoms with E-state index in [1.54, 1.807) is 24.3 Å². The zero-order valence-corrected chi connectivity index (χ0v) is 9.76. The second kappa shape index (κ2) is 4.53. The first kappa shape index (κ1) is 11.4. The van der Waals surface area contributed by atoms with Gasteiger partial charge in [-0.1, -0.05) is 29.4 Å². The van der Waals surface area contributed by atoms with Crippen LogP contribution in [0.2, 0.25) is 0 Å². The van der Waals surface area contributed by atoms with Crippen molar-refractivity contribution in [2.24, 2.45) is 0 Å². The van der Waals surface area contributed by atoms with Crippen molar-refractivity contribution >= 4 is 22.5 Å². The standard InChI is InChI=1S/C14H9FN2O2/c15-12-6-5-11(9-3-1-2-4-10(9)12)14(18)16-13-7-8-19-17-13/h1-8H,(H,16,17,18). The topological polar surface area (TPSA) is 55.1 Å². The molecule has 0 aliphatic rings. The van der Waals surface area contributed by atoms with Crippen molar-refractivity contribution in [3.05, 3.63) is 60.1 Å². The van der Waals surface area contributed by atoms with Crippen molar-refractivity contribution in [2.45, 2.75) is 0 Å². The molecule has 3 rings (SSSR count).